The molecule has 2 unspecified atom stereocenters. The van der Waals surface area contributed by atoms with Crippen LogP contribution in [0.5, 0.6) is 0 Å². The largest absolute Gasteiger partial charge is 0.382 e. The van der Waals surface area contributed by atoms with Crippen LogP contribution in [0.2, 0.25) is 0 Å². The van der Waals surface area contributed by atoms with Crippen molar-refractivity contribution < 1.29 is 9.59 Å². The highest BCUT2D eigenvalue weighted by Gasteiger charge is 2.42. The lowest BCUT2D eigenvalue weighted by atomic mass is 9.90. The van der Waals surface area contributed by atoms with E-state index in [0.29, 0.717) is 36.4 Å². The molecule has 0 spiro atoms. The van der Waals surface area contributed by atoms with Crippen molar-refractivity contribution in [1.82, 2.24) is 35.0 Å². The molecule has 4 aliphatic heterocycles. The predicted octanol–water partition coefficient (Wildman–Crippen LogP) is 5.70. The zero-order chi connectivity index (χ0) is 37.6. The first-order valence-corrected chi connectivity index (χ1v) is 20.3. The molecule has 1 aromatic carbocycles. The second kappa shape index (κ2) is 14.7. The van der Waals surface area contributed by atoms with Crippen molar-refractivity contribution in [3.8, 4) is 28.0 Å². The van der Waals surface area contributed by atoms with Gasteiger partial charge >= 0.3 is 0 Å². The van der Waals surface area contributed by atoms with Crippen LogP contribution < -0.4 is 20.4 Å². The number of benzene rings is 1. The monoisotopic (exact) mass is 755 g/mol. The van der Waals surface area contributed by atoms with Crippen LogP contribution >= 0.6 is 11.3 Å². The second-order valence-electron chi connectivity index (χ2n) is 15.7. The van der Waals surface area contributed by atoms with E-state index in [1.54, 1.807) is 17.5 Å². The highest BCUT2D eigenvalue weighted by atomic mass is 32.1. The van der Waals surface area contributed by atoms with Crippen LogP contribution in [0, 0.1) is 17.2 Å². The van der Waals surface area contributed by atoms with Crippen LogP contribution in [0.4, 0.5) is 16.5 Å². The molecule has 4 aromatic heterocycles. The van der Waals surface area contributed by atoms with Crippen molar-refractivity contribution in [2.24, 2.45) is 5.92 Å². The van der Waals surface area contributed by atoms with Gasteiger partial charge in [0.05, 0.1) is 40.1 Å². The molecule has 55 heavy (non-hydrogen) atoms. The number of fused-ring (bicyclic) bond motifs is 3. The van der Waals surface area contributed by atoms with Crippen molar-refractivity contribution >= 4 is 45.2 Å². The molecule has 4 saturated heterocycles. The molecule has 9 rings (SSSR count). The molecule has 2 bridgehead atoms. The van der Waals surface area contributed by atoms with Gasteiger partial charge in [-0.25, -0.2) is 4.52 Å². The van der Waals surface area contributed by atoms with E-state index in [-0.39, 0.29) is 23.8 Å². The summed E-state index contributed by atoms with van der Waals surface area (Å²) in [4.78, 5) is 36.5. The van der Waals surface area contributed by atoms with Crippen molar-refractivity contribution in [3.05, 3.63) is 72.1 Å². The van der Waals surface area contributed by atoms with Crippen molar-refractivity contribution in [1.29, 1.82) is 5.26 Å². The lowest BCUT2D eigenvalue weighted by Gasteiger charge is -2.43. The smallest absolute Gasteiger partial charge is 0.234 e. The summed E-state index contributed by atoms with van der Waals surface area (Å²) in [5.41, 5.74) is 7.09. The quantitative estimate of drug-likeness (QED) is 0.179. The summed E-state index contributed by atoms with van der Waals surface area (Å²) in [5.74, 6) is 0.0838. The van der Waals surface area contributed by atoms with Gasteiger partial charge in [-0.05, 0) is 93.8 Å². The third kappa shape index (κ3) is 7.02. The summed E-state index contributed by atoms with van der Waals surface area (Å²) in [6.07, 6.45) is 9.23. The molecule has 2 N–H and O–H groups in total. The maximum Gasteiger partial charge on any atom is 0.234 e. The lowest BCUT2D eigenvalue weighted by molar-refractivity contribution is -0.134. The Balaban J connectivity index is 0.828. The van der Waals surface area contributed by atoms with Crippen molar-refractivity contribution in [2.45, 2.75) is 76.4 Å². The fourth-order valence-electron chi connectivity index (χ4n) is 8.95. The number of nitrogens with zero attached hydrogens (tertiary/aromatic N) is 9. The summed E-state index contributed by atoms with van der Waals surface area (Å²) in [6.45, 7) is 9.42. The van der Waals surface area contributed by atoms with Crippen LogP contribution in [-0.4, -0.2) is 92.4 Å². The summed E-state index contributed by atoms with van der Waals surface area (Å²) < 4.78 is 1.82. The molecular weight excluding hydrogens is 711 g/mol. The number of carbonyl (C=O) groups is 2. The number of nitriles is 1. The van der Waals surface area contributed by atoms with Crippen LogP contribution in [0.1, 0.15) is 69.4 Å². The van der Waals surface area contributed by atoms with Crippen molar-refractivity contribution in [3.63, 3.8) is 0 Å². The Morgan fingerprint density at radius 1 is 0.945 bits per heavy atom. The highest BCUT2D eigenvalue weighted by Crippen LogP contribution is 2.39. The normalized spacial score (nSPS) is 22.0. The van der Waals surface area contributed by atoms with E-state index < -0.39 is 0 Å². The van der Waals surface area contributed by atoms with Crippen LogP contribution in [0.15, 0.2) is 60.9 Å². The number of aromatic nitrogens is 5. The van der Waals surface area contributed by atoms with E-state index in [1.165, 1.54) is 31.4 Å². The first kappa shape index (κ1) is 35.3. The van der Waals surface area contributed by atoms with Gasteiger partial charge in [-0.3, -0.25) is 24.8 Å². The van der Waals surface area contributed by atoms with Gasteiger partial charge in [0.15, 0.2) is 5.01 Å². The third-order valence-electron chi connectivity index (χ3n) is 11.8. The zero-order valence-electron chi connectivity index (χ0n) is 31.2. The van der Waals surface area contributed by atoms with Gasteiger partial charge in [0, 0.05) is 74.8 Å². The Kier molecular flexibility index (Phi) is 9.43. The number of amides is 2. The Hall–Kier alpha value is -5.39. The number of nitrogens with one attached hydrogen (secondary N) is 2. The fourth-order valence-corrected chi connectivity index (χ4v) is 9.84. The van der Waals surface area contributed by atoms with E-state index in [2.05, 4.69) is 80.7 Å². The molecule has 0 saturated carbocycles. The summed E-state index contributed by atoms with van der Waals surface area (Å²) in [5, 5.41) is 31.1. The number of piperidine rings is 2. The van der Waals surface area contributed by atoms with Crippen LogP contribution in [-0.2, 0) is 9.59 Å². The Labute approximate surface area is 324 Å². The molecule has 2 amide bonds. The molecule has 5 aromatic rings. The number of rotatable bonds is 9. The van der Waals surface area contributed by atoms with E-state index >= 15 is 0 Å². The van der Waals surface area contributed by atoms with Gasteiger partial charge < -0.3 is 15.1 Å². The van der Waals surface area contributed by atoms with Gasteiger partial charge in [0.2, 0.25) is 16.9 Å². The molecule has 14 heteroatoms. The number of imide groups is 1. The predicted molar refractivity (Wildman–Crippen MR) is 213 cm³/mol. The zero-order valence-corrected chi connectivity index (χ0v) is 32.0. The number of hydrogen-bond donors (Lipinski definition) is 2. The molecule has 3 atom stereocenters. The first-order chi connectivity index (χ1) is 26.8. The van der Waals surface area contributed by atoms with E-state index in [4.69, 9.17) is 15.2 Å². The number of pyridine rings is 1. The SMILES string of the molecule is CC(C)Nc1cc(-c2ccc3cc(C#N)cnn23)ncc1-c1nnc(N2CC3CCC(C2)N3CC2CCN(c3ccc([C@@H]4CCC(=O)NC4=O)cc3)CC2)s1. The lowest BCUT2D eigenvalue weighted by Crippen LogP contribution is -2.55. The molecule has 13 nitrogen and oxygen atoms in total. The molecule has 4 aliphatic rings. The van der Waals surface area contributed by atoms with E-state index in [9.17, 15) is 14.9 Å². The third-order valence-corrected chi connectivity index (χ3v) is 12.8. The van der Waals surface area contributed by atoms with Crippen molar-refractivity contribution in [2.75, 3.05) is 47.8 Å². The average Bonchev–Trinajstić information content (AvgIpc) is 3.90. The fraction of sp³-hybridized carbons (Fsp3) is 0.439. The van der Waals surface area contributed by atoms with Gasteiger partial charge in [-0.15, -0.1) is 10.2 Å². The van der Waals surface area contributed by atoms with Crippen LogP contribution in [0.25, 0.3) is 27.5 Å². The molecule has 8 heterocycles. The second-order valence-corrected chi connectivity index (χ2v) is 16.7. The molecular formula is C41H45N11O2S. The first-order valence-electron chi connectivity index (χ1n) is 19.5. The Morgan fingerprint density at radius 3 is 2.45 bits per heavy atom. The van der Waals surface area contributed by atoms with Gasteiger partial charge in [-0.1, -0.05) is 23.5 Å². The molecule has 4 fully saturated rings. The van der Waals surface area contributed by atoms with E-state index in [0.717, 1.165) is 76.6 Å². The average molecular weight is 756 g/mol. The van der Waals surface area contributed by atoms with Gasteiger partial charge in [0.1, 0.15) is 6.07 Å². The standard InChI is InChI=1S/C41H45N11O2S/c1-25(2)45-35-18-36(37-11-9-30-17-27(19-42)20-44-52(30)37)43-21-34(35)40-47-48-41(55-40)50-23-31-7-8-32(24-50)51(31)22-26-13-15-49(16-14-26)29-5-3-28(4-6-29)33-10-12-38(53)46-39(33)54/h3-6,9,11,17-18,20-21,25-26,31-33H,7-8,10,12-16,22-24H2,1-2H3,(H,43,45)(H,46,53,54)/t31?,32?,33-/m0/s1. The van der Waals surface area contributed by atoms with E-state index in [1.807, 2.05) is 28.9 Å². The maximum atomic E-state index is 12.3. The number of piperazine rings is 1. The topological polar surface area (TPSA) is 148 Å². The maximum absolute atomic E-state index is 12.3. The van der Waals surface area contributed by atoms with Gasteiger partial charge in [-0.2, -0.15) is 10.4 Å². The minimum atomic E-state index is -0.241. The van der Waals surface area contributed by atoms with Gasteiger partial charge in [0.25, 0.3) is 0 Å². The minimum Gasteiger partial charge on any atom is -0.382 e. The molecule has 0 radical (unpaired) electrons. The summed E-state index contributed by atoms with van der Waals surface area (Å²) >= 11 is 1.64. The number of carbonyl (C=O) groups excluding carboxylic acids is 2. The van der Waals surface area contributed by atoms with Crippen LogP contribution in [0.3, 0.4) is 0 Å². The number of anilines is 3. The number of hydrogen-bond acceptors (Lipinski definition) is 12. The summed E-state index contributed by atoms with van der Waals surface area (Å²) in [6, 6.07) is 19.6. The highest BCUT2D eigenvalue weighted by molar-refractivity contribution is 7.18. The Bertz CT molecular complexity index is 2260. The summed E-state index contributed by atoms with van der Waals surface area (Å²) in [7, 11) is 0. The molecule has 0 aliphatic carbocycles. The molecule has 282 valence electrons. The minimum absolute atomic E-state index is 0.174. The Morgan fingerprint density at radius 2 is 1.73 bits per heavy atom.